The molecule has 2 aliphatic heterocycles. The van der Waals surface area contributed by atoms with Gasteiger partial charge in [-0.2, -0.15) is 0 Å². The summed E-state index contributed by atoms with van der Waals surface area (Å²) in [4.78, 5) is 11.2. The van der Waals surface area contributed by atoms with Crippen molar-refractivity contribution in [3.05, 3.63) is 57.6 Å². The number of allylic oxidation sites excluding steroid dienone is 3. The highest BCUT2D eigenvalue weighted by Gasteiger charge is 2.34. The third kappa shape index (κ3) is 5.63. The number of fused-ring (bicyclic) bond motifs is 2. The van der Waals surface area contributed by atoms with Crippen LogP contribution in [0.4, 0.5) is 0 Å². The van der Waals surface area contributed by atoms with Crippen LogP contribution in [0.15, 0.2) is 52.0 Å². The van der Waals surface area contributed by atoms with Crippen LogP contribution in [0.5, 0.6) is 11.5 Å². The summed E-state index contributed by atoms with van der Waals surface area (Å²) < 4.78 is 33.8. The lowest BCUT2D eigenvalue weighted by atomic mass is 10.2. The van der Waals surface area contributed by atoms with Gasteiger partial charge in [0, 0.05) is 12.1 Å². The second kappa shape index (κ2) is 10.2. The molecule has 0 aromatic heterocycles. The maximum absolute atomic E-state index is 11.6. The van der Waals surface area contributed by atoms with Crippen LogP contribution >= 0.6 is 0 Å². The highest BCUT2D eigenvalue weighted by Crippen LogP contribution is 2.37. The Labute approximate surface area is 170 Å². The Kier molecular flexibility index (Phi) is 7.90. The third-order valence-corrected chi connectivity index (χ3v) is 6.07. The molecular weight excluding hydrogens is 396 g/mol. The molecule has 3 rings (SSSR count). The van der Waals surface area contributed by atoms with Gasteiger partial charge in [0.1, 0.15) is 27.7 Å². The molecule has 2 N–H and O–H groups in total. The van der Waals surface area contributed by atoms with Crippen LogP contribution in [0.25, 0.3) is 0 Å². The first-order valence-electron chi connectivity index (χ1n) is 9.52. The number of sulfone groups is 1. The van der Waals surface area contributed by atoms with Gasteiger partial charge in [0.15, 0.2) is 0 Å². The minimum absolute atomic E-state index is 0.122. The Morgan fingerprint density at radius 2 is 1.83 bits per heavy atom. The van der Waals surface area contributed by atoms with E-state index in [2.05, 4.69) is 6.92 Å². The van der Waals surface area contributed by atoms with E-state index in [4.69, 9.17) is 14.6 Å². The summed E-state index contributed by atoms with van der Waals surface area (Å²) in [5.41, 5.74) is -0.122. The predicted octanol–water partition coefficient (Wildman–Crippen LogP) is 4.17. The summed E-state index contributed by atoms with van der Waals surface area (Å²) in [6, 6.07) is 4.10. The summed E-state index contributed by atoms with van der Waals surface area (Å²) in [7, 11) is -3.18. The Morgan fingerprint density at radius 3 is 2.34 bits per heavy atom. The number of aromatic carboxylic acids is 1. The second-order valence-corrected chi connectivity index (χ2v) is 8.36. The van der Waals surface area contributed by atoms with Crippen LogP contribution in [0.1, 0.15) is 49.9 Å². The van der Waals surface area contributed by atoms with Gasteiger partial charge in [-0.05, 0) is 37.6 Å². The summed E-state index contributed by atoms with van der Waals surface area (Å²) in [6.45, 7) is 5.04. The molecule has 0 fully saturated rings. The number of carboxylic acids is 1. The lowest BCUT2D eigenvalue weighted by Gasteiger charge is -2.06. The smallest absolute Gasteiger partial charge is 0.339 e. The minimum Gasteiger partial charge on any atom is -0.507 e. The Balaban J connectivity index is 0.000000212. The Bertz CT molecular complexity index is 940. The van der Waals surface area contributed by atoms with Gasteiger partial charge in [-0.3, -0.25) is 0 Å². The van der Waals surface area contributed by atoms with Crippen LogP contribution in [0.2, 0.25) is 0 Å². The van der Waals surface area contributed by atoms with E-state index in [0.29, 0.717) is 34.5 Å². The predicted molar refractivity (Wildman–Crippen MR) is 109 cm³/mol. The number of carbonyl (C=O) groups is 1. The van der Waals surface area contributed by atoms with Crippen molar-refractivity contribution in [1.82, 2.24) is 0 Å². The summed E-state index contributed by atoms with van der Waals surface area (Å²) in [6.07, 6.45) is 9.37. The highest BCUT2D eigenvalue weighted by atomic mass is 32.2. The molecule has 0 aliphatic carbocycles. The minimum atomic E-state index is -3.18. The van der Waals surface area contributed by atoms with E-state index >= 15 is 0 Å². The fraction of sp³-hybridized carbons (Fsp3) is 0.381. The van der Waals surface area contributed by atoms with Gasteiger partial charge in [0.2, 0.25) is 9.84 Å². The largest absolute Gasteiger partial charge is 0.507 e. The molecule has 2 aliphatic rings. The normalized spacial score (nSPS) is 15.6. The van der Waals surface area contributed by atoms with Gasteiger partial charge in [0.05, 0.1) is 18.1 Å². The van der Waals surface area contributed by atoms with Gasteiger partial charge >= 0.3 is 5.97 Å². The quantitative estimate of drug-likeness (QED) is 0.575. The van der Waals surface area contributed by atoms with Crippen LogP contribution in [0, 0.1) is 0 Å². The molecule has 2 heterocycles. The SMILES string of the molecule is CCCCCCOC1=C2C=CC(=C1)S2(=O)=O.CCOc1ccc(C(=O)O)c(O)c1. The van der Waals surface area contributed by atoms with Crippen LogP contribution in [0.3, 0.4) is 0 Å². The van der Waals surface area contributed by atoms with Gasteiger partial charge in [-0.25, -0.2) is 13.2 Å². The number of ether oxygens (including phenoxy) is 2. The van der Waals surface area contributed by atoms with E-state index < -0.39 is 15.8 Å². The molecule has 8 heteroatoms. The molecule has 158 valence electrons. The zero-order valence-electron chi connectivity index (χ0n) is 16.6. The lowest BCUT2D eigenvalue weighted by molar-refractivity contribution is 0.0693. The lowest BCUT2D eigenvalue weighted by Crippen LogP contribution is -1.97. The molecule has 1 aromatic carbocycles. The standard InChI is InChI=1S/C12H16O3S.C9H10O4/c1-2-3-4-5-8-15-11-9-10-6-7-12(11)16(10,13)14;1-2-13-6-3-4-7(9(11)12)8(10)5-6/h6-7,9H,2-5,8H2,1H3;3-5,10H,2H2,1H3,(H,11,12). The topological polar surface area (TPSA) is 110 Å². The van der Waals surface area contributed by atoms with Crippen molar-refractivity contribution in [1.29, 1.82) is 0 Å². The molecule has 7 nitrogen and oxygen atoms in total. The zero-order valence-corrected chi connectivity index (χ0v) is 17.4. The van der Waals surface area contributed by atoms with Crippen molar-refractivity contribution in [2.75, 3.05) is 13.2 Å². The molecule has 0 spiro atoms. The first-order valence-corrected chi connectivity index (χ1v) is 11.0. The molecule has 0 atom stereocenters. The highest BCUT2D eigenvalue weighted by molar-refractivity contribution is 8.00. The number of hydrogen-bond donors (Lipinski definition) is 2. The van der Waals surface area contributed by atoms with Gasteiger partial charge in [-0.15, -0.1) is 0 Å². The van der Waals surface area contributed by atoms with Gasteiger partial charge < -0.3 is 19.7 Å². The van der Waals surface area contributed by atoms with Crippen LogP contribution in [-0.2, 0) is 14.6 Å². The van der Waals surface area contributed by atoms with E-state index in [0.717, 1.165) is 12.8 Å². The summed E-state index contributed by atoms with van der Waals surface area (Å²) in [5.74, 6) is -0.446. The maximum atomic E-state index is 11.6. The number of phenols is 1. The van der Waals surface area contributed by atoms with Crippen molar-refractivity contribution in [3.8, 4) is 11.5 Å². The van der Waals surface area contributed by atoms with E-state index in [1.807, 2.05) is 6.92 Å². The molecule has 0 unspecified atom stereocenters. The molecule has 0 amide bonds. The first kappa shape index (κ1) is 22.5. The average molecular weight is 422 g/mol. The maximum Gasteiger partial charge on any atom is 0.339 e. The van der Waals surface area contributed by atoms with Crippen molar-refractivity contribution in [3.63, 3.8) is 0 Å². The van der Waals surface area contributed by atoms with E-state index in [1.54, 1.807) is 18.2 Å². The van der Waals surface area contributed by atoms with Crippen LogP contribution in [-0.4, -0.2) is 37.8 Å². The Morgan fingerprint density at radius 1 is 1.07 bits per heavy atom. The monoisotopic (exact) mass is 422 g/mol. The summed E-state index contributed by atoms with van der Waals surface area (Å²) >= 11 is 0. The molecular formula is C21H26O7S. The van der Waals surface area contributed by atoms with Crippen molar-refractivity contribution < 1.29 is 32.9 Å². The fourth-order valence-electron chi connectivity index (χ4n) is 2.78. The number of unbranched alkanes of at least 4 members (excludes halogenated alkanes) is 3. The summed E-state index contributed by atoms with van der Waals surface area (Å²) in [5, 5.41) is 17.8. The number of rotatable bonds is 9. The fourth-order valence-corrected chi connectivity index (χ4v) is 4.17. The average Bonchev–Trinajstić information content (AvgIpc) is 3.09. The third-order valence-electron chi connectivity index (χ3n) is 4.28. The molecule has 0 saturated carbocycles. The molecule has 2 bridgehead atoms. The van der Waals surface area contributed by atoms with Crippen molar-refractivity contribution in [2.45, 2.75) is 39.5 Å². The van der Waals surface area contributed by atoms with E-state index in [9.17, 15) is 18.3 Å². The van der Waals surface area contributed by atoms with E-state index in [-0.39, 0.29) is 11.3 Å². The number of carboxylic acid groups (broad SMARTS) is 1. The Hall–Kier alpha value is -2.74. The van der Waals surface area contributed by atoms with Gasteiger partial charge in [0.25, 0.3) is 0 Å². The number of benzene rings is 1. The van der Waals surface area contributed by atoms with E-state index in [1.165, 1.54) is 31.0 Å². The van der Waals surface area contributed by atoms with Crippen molar-refractivity contribution >= 4 is 15.8 Å². The number of hydrogen-bond acceptors (Lipinski definition) is 6. The van der Waals surface area contributed by atoms with Crippen LogP contribution < -0.4 is 4.74 Å². The molecule has 0 radical (unpaired) electrons. The molecule has 0 saturated heterocycles. The molecule has 1 aromatic rings. The number of aromatic hydroxyl groups is 1. The molecule has 29 heavy (non-hydrogen) atoms. The second-order valence-electron chi connectivity index (χ2n) is 6.44. The zero-order chi connectivity index (χ0) is 21.4. The van der Waals surface area contributed by atoms with Gasteiger partial charge in [-0.1, -0.05) is 26.2 Å². The van der Waals surface area contributed by atoms with Crippen molar-refractivity contribution in [2.24, 2.45) is 0 Å². The first-order chi connectivity index (χ1) is 13.8.